The Labute approximate surface area is 151 Å². The average molecular weight is 352 g/mol. The highest BCUT2D eigenvalue weighted by Crippen LogP contribution is 2.41. The van der Waals surface area contributed by atoms with Crippen molar-refractivity contribution in [3.8, 4) is 6.07 Å². The lowest BCUT2D eigenvalue weighted by Crippen LogP contribution is -2.35. The van der Waals surface area contributed by atoms with Crippen LogP contribution in [0.15, 0.2) is 59.5 Å². The van der Waals surface area contributed by atoms with Gasteiger partial charge in [0, 0.05) is 25.3 Å². The van der Waals surface area contributed by atoms with Gasteiger partial charge in [0.15, 0.2) is 5.78 Å². The predicted molar refractivity (Wildman–Crippen MR) is 95.4 cm³/mol. The van der Waals surface area contributed by atoms with Gasteiger partial charge < -0.3 is 19.8 Å². The fraction of sp³-hybridized carbons (Fsp3) is 0.300. The lowest BCUT2D eigenvalue weighted by Gasteiger charge is -2.34. The molecule has 0 spiro atoms. The minimum atomic E-state index is -0.997. The van der Waals surface area contributed by atoms with Crippen LogP contribution in [0.25, 0.3) is 5.57 Å². The van der Waals surface area contributed by atoms with Crippen molar-refractivity contribution in [1.82, 2.24) is 4.90 Å². The molecule has 1 unspecified atom stereocenters. The SMILES string of the molecule is COC1C=C2C(=CN(C[C@@H](O)CO)C(C#N)=C2c2ccccc2)CC1=O. The van der Waals surface area contributed by atoms with Crippen LogP contribution in [0.5, 0.6) is 0 Å². The number of Topliss-reactive ketones (excluding diaryl/α,β-unsaturated/α-hetero) is 1. The third kappa shape index (κ3) is 3.33. The van der Waals surface area contributed by atoms with Gasteiger partial charge in [0.05, 0.1) is 19.3 Å². The van der Waals surface area contributed by atoms with Crippen LogP contribution < -0.4 is 0 Å². The number of nitrogens with zero attached hydrogens (tertiary/aromatic N) is 2. The van der Waals surface area contributed by atoms with Gasteiger partial charge in [-0.25, -0.2) is 0 Å². The number of β-amino-alcohol motifs (C(OH)–C–C–N with tert-alkyl or cyclic N) is 1. The fourth-order valence-electron chi connectivity index (χ4n) is 3.26. The number of ether oxygens (including phenoxy) is 1. The first-order valence-electron chi connectivity index (χ1n) is 8.33. The molecule has 3 rings (SSSR count). The molecule has 0 aromatic heterocycles. The summed E-state index contributed by atoms with van der Waals surface area (Å²) in [7, 11) is 1.48. The van der Waals surface area contributed by atoms with Gasteiger partial charge in [0.1, 0.15) is 17.9 Å². The first-order chi connectivity index (χ1) is 12.6. The number of allylic oxidation sites excluding steroid dienone is 4. The number of hydrogen-bond acceptors (Lipinski definition) is 6. The number of benzene rings is 1. The Morgan fingerprint density at radius 2 is 2.12 bits per heavy atom. The molecule has 0 fully saturated rings. The van der Waals surface area contributed by atoms with Gasteiger partial charge in [-0.05, 0) is 22.8 Å². The van der Waals surface area contributed by atoms with Crippen LogP contribution in [0.2, 0.25) is 0 Å². The van der Waals surface area contributed by atoms with Crippen LogP contribution in [0.1, 0.15) is 12.0 Å². The van der Waals surface area contributed by atoms with Crippen LogP contribution in [0.4, 0.5) is 0 Å². The highest BCUT2D eigenvalue weighted by atomic mass is 16.5. The Hall–Kier alpha value is -2.72. The number of methoxy groups -OCH3 is 1. The molecule has 1 aliphatic carbocycles. The van der Waals surface area contributed by atoms with Gasteiger partial charge in [-0.15, -0.1) is 0 Å². The molecule has 0 saturated heterocycles. The molecule has 0 saturated carbocycles. The maximum absolute atomic E-state index is 12.3. The number of hydrogen-bond donors (Lipinski definition) is 2. The molecule has 134 valence electrons. The van der Waals surface area contributed by atoms with Gasteiger partial charge in [0.2, 0.25) is 0 Å². The van der Waals surface area contributed by atoms with Gasteiger partial charge in [-0.3, -0.25) is 4.79 Å². The van der Waals surface area contributed by atoms with E-state index in [0.29, 0.717) is 11.3 Å². The zero-order valence-electron chi connectivity index (χ0n) is 14.4. The van der Waals surface area contributed by atoms with Crippen molar-refractivity contribution < 1.29 is 19.7 Å². The largest absolute Gasteiger partial charge is 0.394 e. The summed E-state index contributed by atoms with van der Waals surface area (Å²) in [6, 6.07) is 11.7. The van der Waals surface area contributed by atoms with Crippen molar-refractivity contribution in [1.29, 1.82) is 5.26 Å². The lowest BCUT2D eigenvalue weighted by molar-refractivity contribution is -0.125. The van der Waals surface area contributed by atoms with Crippen molar-refractivity contribution in [2.24, 2.45) is 0 Å². The van der Waals surface area contributed by atoms with Crippen LogP contribution in [-0.2, 0) is 9.53 Å². The van der Waals surface area contributed by atoms with Crippen LogP contribution in [-0.4, -0.2) is 53.4 Å². The van der Waals surface area contributed by atoms with Gasteiger partial charge in [-0.2, -0.15) is 5.26 Å². The molecule has 1 heterocycles. The number of fused-ring (bicyclic) bond motifs is 1. The number of aliphatic hydroxyl groups is 2. The molecular formula is C20H20N2O4. The molecule has 0 radical (unpaired) electrons. The maximum atomic E-state index is 12.3. The van der Waals surface area contributed by atoms with Crippen LogP contribution in [0.3, 0.4) is 0 Å². The molecule has 2 N–H and O–H groups in total. The van der Waals surface area contributed by atoms with E-state index in [4.69, 9.17) is 4.74 Å². The minimum Gasteiger partial charge on any atom is -0.394 e. The van der Waals surface area contributed by atoms with Crippen molar-refractivity contribution >= 4 is 11.4 Å². The topological polar surface area (TPSA) is 93.8 Å². The Morgan fingerprint density at radius 3 is 2.73 bits per heavy atom. The van der Waals surface area contributed by atoms with Gasteiger partial charge in [-0.1, -0.05) is 30.3 Å². The number of rotatable bonds is 5. The molecule has 26 heavy (non-hydrogen) atoms. The first-order valence-corrected chi connectivity index (χ1v) is 8.33. The Kier molecular flexibility index (Phi) is 5.33. The van der Waals surface area contributed by atoms with E-state index in [9.17, 15) is 20.3 Å². The molecule has 0 amide bonds. The average Bonchev–Trinajstić information content (AvgIpc) is 2.67. The summed E-state index contributed by atoms with van der Waals surface area (Å²) in [6.45, 7) is -0.346. The zero-order valence-corrected chi connectivity index (χ0v) is 14.4. The van der Waals surface area contributed by atoms with E-state index in [1.165, 1.54) is 7.11 Å². The minimum absolute atomic E-state index is 0.0574. The normalized spacial score (nSPS) is 20.9. The Balaban J connectivity index is 2.18. The van der Waals surface area contributed by atoms with Gasteiger partial charge in [0.25, 0.3) is 0 Å². The number of ketones is 1. The molecule has 1 aromatic rings. The van der Waals surface area contributed by atoms with E-state index in [-0.39, 0.29) is 18.7 Å². The summed E-state index contributed by atoms with van der Waals surface area (Å²) in [4.78, 5) is 13.9. The zero-order chi connectivity index (χ0) is 18.7. The molecule has 6 nitrogen and oxygen atoms in total. The van der Waals surface area contributed by atoms with E-state index in [0.717, 1.165) is 16.7 Å². The van der Waals surface area contributed by atoms with Crippen molar-refractivity contribution in [3.05, 3.63) is 65.0 Å². The second-order valence-corrected chi connectivity index (χ2v) is 6.22. The van der Waals surface area contributed by atoms with Crippen molar-refractivity contribution in [3.63, 3.8) is 0 Å². The summed E-state index contributed by atoms with van der Waals surface area (Å²) < 4.78 is 5.27. The van der Waals surface area contributed by atoms with Crippen molar-refractivity contribution in [2.45, 2.75) is 18.6 Å². The van der Waals surface area contributed by atoms with E-state index in [1.807, 2.05) is 30.3 Å². The molecule has 2 aliphatic rings. The third-order valence-electron chi connectivity index (χ3n) is 4.49. The lowest BCUT2D eigenvalue weighted by atomic mass is 9.81. The van der Waals surface area contributed by atoms with Crippen molar-refractivity contribution in [2.75, 3.05) is 20.3 Å². The predicted octanol–water partition coefficient (Wildman–Crippen LogP) is 1.39. The number of carbonyl (C=O) groups excluding carboxylic acids is 1. The second-order valence-electron chi connectivity index (χ2n) is 6.22. The summed E-state index contributed by atoms with van der Waals surface area (Å²) >= 11 is 0. The van der Waals surface area contributed by atoms with E-state index in [1.54, 1.807) is 17.2 Å². The second kappa shape index (κ2) is 7.67. The van der Waals surface area contributed by atoms with E-state index in [2.05, 4.69) is 6.07 Å². The standard InChI is InChI=1S/C20H20N2O4/c1-26-19-8-16-14(7-18(19)25)10-22(11-15(24)12-23)17(9-21)20(16)13-5-3-2-4-6-13/h2-6,8,10,15,19,23-24H,7,11-12H2,1H3/t15-,19?/m1/s1. The van der Waals surface area contributed by atoms with Gasteiger partial charge >= 0.3 is 0 Å². The Morgan fingerprint density at radius 1 is 1.38 bits per heavy atom. The molecule has 6 heteroatoms. The summed E-state index contributed by atoms with van der Waals surface area (Å²) in [5.74, 6) is -0.0574. The van der Waals surface area contributed by atoms with E-state index < -0.39 is 18.8 Å². The number of nitriles is 1. The first kappa shape index (κ1) is 18.1. The molecule has 1 aliphatic heterocycles. The third-order valence-corrected chi connectivity index (χ3v) is 4.49. The monoisotopic (exact) mass is 352 g/mol. The maximum Gasteiger partial charge on any atom is 0.169 e. The Bertz CT molecular complexity index is 833. The molecule has 0 bridgehead atoms. The molecule has 2 atom stereocenters. The smallest absolute Gasteiger partial charge is 0.169 e. The summed E-state index contributed by atoms with van der Waals surface area (Å²) in [5.41, 5.74) is 3.47. The quantitative estimate of drug-likeness (QED) is 0.832. The number of carbonyl (C=O) groups is 1. The molecule has 1 aromatic carbocycles. The highest BCUT2D eigenvalue weighted by molar-refractivity contribution is 5.98. The number of aliphatic hydroxyl groups excluding tert-OH is 2. The van der Waals surface area contributed by atoms with Crippen LogP contribution in [0, 0.1) is 11.3 Å². The summed E-state index contributed by atoms with van der Waals surface area (Å²) in [6.07, 6.45) is 2.00. The summed E-state index contributed by atoms with van der Waals surface area (Å²) in [5, 5.41) is 28.8. The van der Waals surface area contributed by atoms with E-state index >= 15 is 0 Å². The highest BCUT2D eigenvalue weighted by Gasteiger charge is 2.33. The molecular weight excluding hydrogens is 332 g/mol. The van der Waals surface area contributed by atoms with Crippen LogP contribution >= 0.6 is 0 Å². The fourth-order valence-corrected chi connectivity index (χ4v) is 3.26.